The lowest BCUT2D eigenvalue weighted by molar-refractivity contribution is -0.139. The predicted octanol–water partition coefficient (Wildman–Crippen LogP) is 5.79. The second-order valence-electron chi connectivity index (χ2n) is 8.57. The van der Waals surface area contributed by atoms with Crippen LogP contribution in [0.2, 0.25) is 15.1 Å². The number of benzene rings is 3. The molecule has 0 saturated carbocycles. The van der Waals surface area contributed by atoms with E-state index in [9.17, 15) is 18.0 Å². The SMILES string of the molecule is CCCNC(=O)[C@H](C)N(Cc1ccc(Cl)cc1)C(=O)CN(c1cc(Cl)cc(Cl)c1)S(=O)(=O)c1ccccc1. The number of carbonyl (C=O) groups is 2. The van der Waals surface area contributed by atoms with E-state index in [1.807, 2.05) is 6.92 Å². The van der Waals surface area contributed by atoms with Crippen LogP contribution in [0, 0.1) is 0 Å². The molecule has 0 radical (unpaired) electrons. The van der Waals surface area contributed by atoms with Crippen molar-refractivity contribution >= 4 is 62.3 Å². The number of sulfonamides is 1. The Morgan fingerprint density at radius 1 is 0.895 bits per heavy atom. The molecule has 0 aromatic heterocycles. The third kappa shape index (κ3) is 7.63. The van der Waals surface area contributed by atoms with Crippen LogP contribution < -0.4 is 9.62 Å². The fraction of sp³-hybridized carbons (Fsp3) is 0.259. The summed E-state index contributed by atoms with van der Waals surface area (Å²) in [4.78, 5) is 28.0. The monoisotopic (exact) mass is 595 g/mol. The molecule has 202 valence electrons. The Hall–Kier alpha value is -2.78. The summed E-state index contributed by atoms with van der Waals surface area (Å²) >= 11 is 18.4. The standard InChI is InChI=1S/C27H28Cl3N3O4S/c1-3-13-31-27(35)19(2)32(17-20-9-11-21(28)12-10-20)26(34)18-33(24-15-22(29)14-23(30)16-24)38(36,37)25-7-5-4-6-8-25/h4-12,14-16,19H,3,13,17-18H2,1-2H3,(H,31,35)/t19-/m0/s1. The van der Waals surface area contributed by atoms with Gasteiger partial charge in [0.25, 0.3) is 10.0 Å². The second-order valence-corrected chi connectivity index (χ2v) is 11.7. The Morgan fingerprint density at radius 3 is 2.08 bits per heavy atom. The van der Waals surface area contributed by atoms with Crippen LogP contribution in [-0.4, -0.2) is 44.3 Å². The lowest BCUT2D eigenvalue weighted by Crippen LogP contribution is -2.51. The lowest BCUT2D eigenvalue weighted by Gasteiger charge is -2.32. The molecule has 0 bridgehead atoms. The maximum atomic E-state index is 13.8. The summed E-state index contributed by atoms with van der Waals surface area (Å²) in [5.74, 6) is -0.938. The van der Waals surface area contributed by atoms with E-state index >= 15 is 0 Å². The van der Waals surface area contributed by atoms with Gasteiger partial charge in [0.05, 0.1) is 10.6 Å². The maximum Gasteiger partial charge on any atom is 0.264 e. The molecule has 0 saturated heterocycles. The van der Waals surface area contributed by atoms with Gasteiger partial charge in [0, 0.05) is 28.2 Å². The topological polar surface area (TPSA) is 86.8 Å². The number of nitrogens with one attached hydrogen (secondary N) is 1. The van der Waals surface area contributed by atoms with Crippen LogP contribution >= 0.6 is 34.8 Å². The van der Waals surface area contributed by atoms with Crippen molar-refractivity contribution < 1.29 is 18.0 Å². The van der Waals surface area contributed by atoms with Crippen LogP contribution in [0.15, 0.2) is 77.7 Å². The van der Waals surface area contributed by atoms with Gasteiger partial charge in [-0.05, 0) is 61.4 Å². The molecule has 2 amide bonds. The van der Waals surface area contributed by atoms with Crippen molar-refractivity contribution in [3.05, 3.63) is 93.4 Å². The molecule has 0 heterocycles. The molecule has 0 spiro atoms. The molecule has 1 atom stereocenters. The fourth-order valence-electron chi connectivity index (χ4n) is 3.70. The molecule has 3 aromatic rings. The summed E-state index contributed by atoms with van der Waals surface area (Å²) in [6.07, 6.45) is 0.724. The van der Waals surface area contributed by atoms with Crippen molar-refractivity contribution in [1.29, 1.82) is 0 Å². The maximum absolute atomic E-state index is 13.8. The molecule has 3 aromatic carbocycles. The highest BCUT2D eigenvalue weighted by atomic mass is 35.5. The first-order chi connectivity index (χ1) is 18.0. The average Bonchev–Trinajstić information content (AvgIpc) is 2.89. The Balaban J connectivity index is 2.03. The third-order valence-corrected chi connectivity index (χ3v) is 8.20. The highest BCUT2D eigenvalue weighted by Crippen LogP contribution is 2.30. The normalized spacial score (nSPS) is 12.0. The third-order valence-electron chi connectivity index (χ3n) is 5.73. The zero-order valence-corrected chi connectivity index (χ0v) is 24.0. The van der Waals surface area contributed by atoms with Gasteiger partial charge in [0.1, 0.15) is 12.6 Å². The van der Waals surface area contributed by atoms with E-state index in [0.717, 1.165) is 16.3 Å². The lowest BCUT2D eigenvalue weighted by atomic mass is 10.1. The zero-order chi connectivity index (χ0) is 27.9. The second kappa shape index (κ2) is 13.3. The predicted molar refractivity (Wildman–Crippen MR) is 152 cm³/mol. The van der Waals surface area contributed by atoms with Gasteiger partial charge >= 0.3 is 0 Å². The van der Waals surface area contributed by atoms with E-state index in [2.05, 4.69) is 5.32 Å². The van der Waals surface area contributed by atoms with Gasteiger partial charge in [-0.2, -0.15) is 0 Å². The van der Waals surface area contributed by atoms with Crippen LogP contribution in [0.5, 0.6) is 0 Å². The summed E-state index contributed by atoms with van der Waals surface area (Å²) in [5.41, 5.74) is 0.843. The van der Waals surface area contributed by atoms with Crippen molar-refractivity contribution in [2.45, 2.75) is 37.8 Å². The van der Waals surface area contributed by atoms with Gasteiger partial charge in [-0.15, -0.1) is 0 Å². The van der Waals surface area contributed by atoms with Crippen molar-refractivity contribution in [2.24, 2.45) is 0 Å². The van der Waals surface area contributed by atoms with Gasteiger partial charge in [-0.1, -0.05) is 72.1 Å². The molecule has 0 unspecified atom stereocenters. The largest absolute Gasteiger partial charge is 0.354 e. The number of nitrogens with zero attached hydrogens (tertiary/aromatic N) is 2. The Kier molecular flexibility index (Phi) is 10.4. The minimum Gasteiger partial charge on any atom is -0.354 e. The average molecular weight is 597 g/mol. The molecule has 0 aliphatic rings. The van der Waals surface area contributed by atoms with Gasteiger partial charge in [0.15, 0.2) is 0 Å². The Morgan fingerprint density at radius 2 is 1.50 bits per heavy atom. The van der Waals surface area contributed by atoms with E-state index in [1.54, 1.807) is 49.4 Å². The van der Waals surface area contributed by atoms with Crippen LogP contribution in [0.1, 0.15) is 25.8 Å². The molecular weight excluding hydrogens is 569 g/mol. The quantitative estimate of drug-likeness (QED) is 0.304. The molecule has 3 rings (SSSR count). The summed E-state index contributed by atoms with van der Waals surface area (Å²) in [5, 5.41) is 3.74. The van der Waals surface area contributed by atoms with E-state index < -0.39 is 28.5 Å². The van der Waals surface area contributed by atoms with Gasteiger partial charge in [-0.3, -0.25) is 13.9 Å². The highest BCUT2D eigenvalue weighted by Gasteiger charge is 2.32. The molecule has 0 aliphatic carbocycles. The molecule has 7 nitrogen and oxygen atoms in total. The first-order valence-corrected chi connectivity index (χ1v) is 14.5. The number of anilines is 1. The fourth-order valence-corrected chi connectivity index (χ4v) is 5.76. The van der Waals surface area contributed by atoms with Crippen LogP contribution in [-0.2, 0) is 26.2 Å². The molecular formula is C27H28Cl3N3O4S. The van der Waals surface area contributed by atoms with E-state index in [-0.39, 0.29) is 33.1 Å². The Labute approximate surface area is 238 Å². The number of hydrogen-bond acceptors (Lipinski definition) is 4. The van der Waals surface area contributed by atoms with Gasteiger partial charge in [-0.25, -0.2) is 8.42 Å². The summed E-state index contributed by atoms with van der Waals surface area (Å²) in [6.45, 7) is 3.44. The number of halogens is 3. The van der Waals surface area contributed by atoms with E-state index in [0.29, 0.717) is 11.6 Å². The Bertz CT molecular complexity index is 1350. The van der Waals surface area contributed by atoms with Crippen molar-refractivity contribution in [3.8, 4) is 0 Å². The molecule has 0 aliphatic heterocycles. The summed E-state index contributed by atoms with van der Waals surface area (Å²) in [7, 11) is -4.20. The first-order valence-electron chi connectivity index (χ1n) is 11.9. The van der Waals surface area contributed by atoms with Crippen molar-refractivity contribution in [2.75, 3.05) is 17.4 Å². The number of amides is 2. The highest BCUT2D eigenvalue weighted by molar-refractivity contribution is 7.92. The molecule has 38 heavy (non-hydrogen) atoms. The number of carbonyl (C=O) groups excluding carboxylic acids is 2. The first kappa shape index (κ1) is 29.8. The van der Waals surface area contributed by atoms with Gasteiger partial charge in [0.2, 0.25) is 11.8 Å². The number of hydrogen-bond donors (Lipinski definition) is 1. The van der Waals surface area contributed by atoms with Gasteiger partial charge < -0.3 is 10.2 Å². The minimum atomic E-state index is -4.20. The molecule has 1 N–H and O–H groups in total. The van der Waals surface area contributed by atoms with Crippen LogP contribution in [0.3, 0.4) is 0 Å². The smallest absolute Gasteiger partial charge is 0.264 e. The summed E-state index contributed by atoms with van der Waals surface area (Å²) < 4.78 is 28.4. The van der Waals surface area contributed by atoms with Crippen LogP contribution in [0.25, 0.3) is 0 Å². The van der Waals surface area contributed by atoms with E-state index in [4.69, 9.17) is 34.8 Å². The van der Waals surface area contributed by atoms with Crippen molar-refractivity contribution in [1.82, 2.24) is 10.2 Å². The minimum absolute atomic E-state index is 0.0121. The van der Waals surface area contributed by atoms with Crippen molar-refractivity contribution in [3.63, 3.8) is 0 Å². The zero-order valence-electron chi connectivity index (χ0n) is 20.9. The summed E-state index contributed by atoms with van der Waals surface area (Å²) in [6, 6.07) is 18.0. The number of rotatable bonds is 11. The molecule has 11 heteroatoms. The van der Waals surface area contributed by atoms with E-state index in [1.165, 1.54) is 35.2 Å². The van der Waals surface area contributed by atoms with Crippen LogP contribution in [0.4, 0.5) is 5.69 Å². The molecule has 0 fully saturated rings.